The number of fused-ring (bicyclic) bond motifs is 1. The number of carboxylic acids is 1. The zero-order valence-corrected chi connectivity index (χ0v) is 12.0. The van der Waals surface area contributed by atoms with E-state index in [0.29, 0.717) is 26.0 Å². The Morgan fingerprint density at radius 1 is 1.29 bits per heavy atom. The van der Waals surface area contributed by atoms with E-state index >= 15 is 0 Å². The van der Waals surface area contributed by atoms with Gasteiger partial charge in [0.05, 0.1) is 18.6 Å². The average molecular weight is 289 g/mol. The van der Waals surface area contributed by atoms with Gasteiger partial charge in [0.1, 0.15) is 6.04 Å². The maximum atomic E-state index is 12.7. The Balaban J connectivity index is 1.85. The summed E-state index contributed by atoms with van der Waals surface area (Å²) in [4.78, 5) is 25.7. The fourth-order valence-corrected chi connectivity index (χ4v) is 3.20. The van der Waals surface area contributed by atoms with Crippen LogP contribution in [0.3, 0.4) is 0 Å². The number of carbonyl (C=O) groups is 2. The van der Waals surface area contributed by atoms with Gasteiger partial charge in [-0.2, -0.15) is 0 Å². The molecule has 5 nitrogen and oxygen atoms in total. The SMILES string of the molecule is CC1CC(C(=O)N2Cc3ccccc3CC2C(=O)O)CO1. The van der Waals surface area contributed by atoms with Gasteiger partial charge in [0, 0.05) is 13.0 Å². The summed E-state index contributed by atoms with van der Waals surface area (Å²) in [7, 11) is 0. The van der Waals surface area contributed by atoms with E-state index < -0.39 is 12.0 Å². The minimum atomic E-state index is -0.940. The van der Waals surface area contributed by atoms with Crippen molar-refractivity contribution in [2.45, 2.75) is 38.5 Å². The third kappa shape index (κ3) is 2.65. The molecule has 0 bridgehead atoms. The molecule has 1 aromatic carbocycles. The minimum Gasteiger partial charge on any atom is -0.480 e. The first-order valence-electron chi connectivity index (χ1n) is 7.28. The molecule has 1 N–H and O–H groups in total. The van der Waals surface area contributed by atoms with Gasteiger partial charge in [-0.15, -0.1) is 0 Å². The van der Waals surface area contributed by atoms with Crippen molar-refractivity contribution in [2.75, 3.05) is 6.61 Å². The first kappa shape index (κ1) is 14.1. The predicted octanol–water partition coefficient (Wildman–Crippen LogP) is 1.45. The Kier molecular flexibility index (Phi) is 3.68. The predicted molar refractivity (Wildman–Crippen MR) is 75.6 cm³/mol. The molecule has 0 aliphatic carbocycles. The van der Waals surface area contributed by atoms with Crippen molar-refractivity contribution in [3.63, 3.8) is 0 Å². The third-order valence-corrected chi connectivity index (χ3v) is 4.36. The van der Waals surface area contributed by atoms with Gasteiger partial charge in [-0.3, -0.25) is 4.79 Å². The van der Waals surface area contributed by atoms with Crippen LogP contribution in [-0.4, -0.2) is 40.6 Å². The zero-order chi connectivity index (χ0) is 15.0. The summed E-state index contributed by atoms with van der Waals surface area (Å²) in [5.74, 6) is -1.25. The Hall–Kier alpha value is -1.88. The number of hydrogen-bond donors (Lipinski definition) is 1. The number of amides is 1. The monoisotopic (exact) mass is 289 g/mol. The van der Waals surface area contributed by atoms with Crippen molar-refractivity contribution in [3.05, 3.63) is 35.4 Å². The first-order valence-corrected chi connectivity index (χ1v) is 7.28. The number of nitrogens with zero attached hydrogens (tertiary/aromatic N) is 1. The molecular weight excluding hydrogens is 270 g/mol. The highest BCUT2D eigenvalue weighted by molar-refractivity contribution is 5.86. The maximum Gasteiger partial charge on any atom is 0.326 e. The minimum absolute atomic E-state index is 0.0688. The molecule has 3 unspecified atom stereocenters. The van der Waals surface area contributed by atoms with Crippen LogP contribution in [0.1, 0.15) is 24.5 Å². The lowest BCUT2D eigenvalue weighted by molar-refractivity contribution is -0.153. The second-order valence-electron chi connectivity index (χ2n) is 5.87. The van der Waals surface area contributed by atoms with Gasteiger partial charge in [-0.1, -0.05) is 24.3 Å². The molecule has 2 aliphatic heterocycles. The van der Waals surface area contributed by atoms with Crippen LogP contribution in [0.2, 0.25) is 0 Å². The van der Waals surface area contributed by atoms with Crippen LogP contribution in [0.5, 0.6) is 0 Å². The second kappa shape index (κ2) is 5.48. The van der Waals surface area contributed by atoms with E-state index in [4.69, 9.17) is 4.74 Å². The Morgan fingerprint density at radius 3 is 2.62 bits per heavy atom. The average Bonchev–Trinajstić information content (AvgIpc) is 2.91. The number of carbonyl (C=O) groups excluding carboxylic acids is 1. The fraction of sp³-hybridized carbons (Fsp3) is 0.500. The smallest absolute Gasteiger partial charge is 0.326 e. The maximum absolute atomic E-state index is 12.7. The molecule has 0 spiro atoms. The van der Waals surface area contributed by atoms with E-state index in [1.807, 2.05) is 31.2 Å². The van der Waals surface area contributed by atoms with E-state index in [1.165, 1.54) is 4.90 Å². The summed E-state index contributed by atoms with van der Waals surface area (Å²) in [6.07, 6.45) is 1.11. The number of benzene rings is 1. The lowest BCUT2D eigenvalue weighted by Gasteiger charge is -2.35. The second-order valence-corrected chi connectivity index (χ2v) is 5.87. The molecule has 21 heavy (non-hydrogen) atoms. The highest BCUT2D eigenvalue weighted by Gasteiger charge is 2.39. The zero-order valence-electron chi connectivity index (χ0n) is 12.0. The van der Waals surface area contributed by atoms with E-state index in [-0.39, 0.29) is 17.9 Å². The van der Waals surface area contributed by atoms with Crippen molar-refractivity contribution in [2.24, 2.45) is 5.92 Å². The molecule has 1 fully saturated rings. The molecule has 1 saturated heterocycles. The standard InChI is InChI=1S/C16H19NO4/c1-10-6-13(9-21-10)15(18)17-8-12-5-3-2-4-11(12)7-14(17)16(19)20/h2-5,10,13-14H,6-9H2,1H3,(H,19,20). The Labute approximate surface area is 123 Å². The van der Waals surface area contributed by atoms with Gasteiger partial charge < -0.3 is 14.7 Å². The van der Waals surface area contributed by atoms with Crippen molar-refractivity contribution in [3.8, 4) is 0 Å². The van der Waals surface area contributed by atoms with E-state index in [1.54, 1.807) is 0 Å². The summed E-state index contributed by atoms with van der Waals surface area (Å²) >= 11 is 0. The molecule has 1 aromatic rings. The molecule has 1 amide bonds. The molecule has 112 valence electrons. The normalized spacial score (nSPS) is 28.2. The van der Waals surface area contributed by atoms with E-state index in [9.17, 15) is 14.7 Å². The van der Waals surface area contributed by atoms with Gasteiger partial charge in [0.2, 0.25) is 5.91 Å². The van der Waals surface area contributed by atoms with Gasteiger partial charge >= 0.3 is 5.97 Å². The Morgan fingerprint density at radius 2 is 2.00 bits per heavy atom. The van der Waals surface area contributed by atoms with Crippen molar-refractivity contribution < 1.29 is 19.4 Å². The summed E-state index contributed by atoms with van der Waals surface area (Å²) in [6, 6.07) is 6.95. The number of hydrogen-bond acceptors (Lipinski definition) is 3. The van der Waals surface area contributed by atoms with Crippen LogP contribution in [-0.2, 0) is 27.3 Å². The van der Waals surface area contributed by atoms with Crippen molar-refractivity contribution in [1.82, 2.24) is 4.90 Å². The first-order chi connectivity index (χ1) is 10.1. The lowest BCUT2D eigenvalue weighted by atomic mass is 9.92. The Bertz CT molecular complexity index is 571. The summed E-state index contributed by atoms with van der Waals surface area (Å²) < 4.78 is 5.45. The van der Waals surface area contributed by atoms with Gasteiger partial charge in [-0.05, 0) is 24.5 Å². The molecule has 0 radical (unpaired) electrons. The quantitative estimate of drug-likeness (QED) is 0.895. The van der Waals surface area contributed by atoms with Crippen molar-refractivity contribution in [1.29, 1.82) is 0 Å². The third-order valence-electron chi connectivity index (χ3n) is 4.36. The van der Waals surface area contributed by atoms with Gasteiger partial charge in [0.25, 0.3) is 0 Å². The summed E-state index contributed by atoms with van der Waals surface area (Å²) in [6.45, 7) is 2.70. The molecule has 3 rings (SSSR count). The molecule has 2 aliphatic rings. The van der Waals surface area contributed by atoms with Crippen LogP contribution in [0, 0.1) is 5.92 Å². The highest BCUT2D eigenvalue weighted by atomic mass is 16.5. The van der Waals surface area contributed by atoms with Crippen molar-refractivity contribution >= 4 is 11.9 Å². The van der Waals surface area contributed by atoms with E-state index in [2.05, 4.69) is 0 Å². The molecule has 2 heterocycles. The van der Waals surface area contributed by atoms with Crippen LogP contribution >= 0.6 is 0 Å². The number of rotatable bonds is 2. The highest BCUT2D eigenvalue weighted by Crippen LogP contribution is 2.28. The summed E-state index contributed by atoms with van der Waals surface area (Å²) in [5.41, 5.74) is 2.06. The number of carboxylic acid groups (broad SMARTS) is 1. The molecule has 0 saturated carbocycles. The molecule has 3 atom stereocenters. The topological polar surface area (TPSA) is 66.8 Å². The van der Waals surface area contributed by atoms with Gasteiger partial charge in [-0.25, -0.2) is 4.79 Å². The van der Waals surface area contributed by atoms with Gasteiger partial charge in [0.15, 0.2) is 0 Å². The molecular formula is C16H19NO4. The van der Waals surface area contributed by atoms with Crippen LogP contribution < -0.4 is 0 Å². The van der Waals surface area contributed by atoms with Crippen LogP contribution in [0.4, 0.5) is 0 Å². The number of aliphatic carboxylic acids is 1. The summed E-state index contributed by atoms with van der Waals surface area (Å²) in [5, 5.41) is 9.45. The van der Waals surface area contributed by atoms with E-state index in [0.717, 1.165) is 11.1 Å². The number of ether oxygens (including phenoxy) is 1. The van der Waals surface area contributed by atoms with Crippen LogP contribution in [0.15, 0.2) is 24.3 Å². The lowest BCUT2D eigenvalue weighted by Crippen LogP contribution is -2.50. The largest absolute Gasteiger partial charge is 0.480 e. The fourth-order valence-electron chi connectivity index (χ4n) is 3.20. The molecule has 0 aromatic heterocycles. The van der Waals surface area contributed by atoms with Crippen LogP contribution in [0.25, 0.3) is 0 Å². The molecule has 5 heteroatoms.